The van der Waals surface area contributed by atoms with Crippen molar-refractivity contribution in [1.29, 1.82) is 0 Å². The van der Waals surface area contributed by atoms with E-state index in [0.717, 1.165) is 12.0 Å². The molecule has 0 bridgehead atoms. The number of carbonyl (C=O) groups excluding carboxylic acids is 2. The van der Waals surface area contributed by atoms with Crippen molar-refractivity contribution < 1.29 is 24.2 Å². The summed E-state index contributed by atoms with van der Waals surface area (Å²) in [6, 6.07) is 6.20. The van der Waals surface area contributed by atoms with Crippen LogP contribution in [-0.2, 0) is 16.1 Å². The van der Waals surface area contributed by atoms with E-state index >= 15 is 0 Å². The van der Waals surface area contributed by atoms with Crippen molar-refractivity contribution in [2.75, 3.05) is 13.2 Å². The van der Waals surface area contributed by atoms with Crippen LogP contribution in [0, 0.1) is 0 Å². The summed E-state index contributed by atoms with van der Waals surface area (Å²) in [7, 11) is 0. The number of aliphatic carboxylic acids is 1. The van der Waals surface area contributed by atoms with Crippen LogP contribution in [0.15, 0.2) is 24.3 Å². The Morgan fingerprint density at radius 3 is 2.81 bits per heavy atom. The summed E-state index contributed by atoms with van der Waals surface area (Å²) < 4.78 is 5.13. The molecule has 1 aliphatic heterocycles. The minimum absolute atomic E-state index is 0.0142. The van der Waals surface area contributed by atoms with Crippen molar-refractivity contribution >= 4 is 17.9 Å². The lowest BCUT2D eigenvalue weighted by molar-refractivity contribution is -0.139. The second-order valence-electron chi connectivity index (χ2n) is 6.50. The molecule has 0 aromatic heterocycles. The van der Waals surface area contributed by atoms with Gasteiger partial charge in [-0.15, -0.1) is 0 Å². The highest BCUT2D eigenvalue weighted by Gasteiger charge is 2.34. The van der Waals surface area contributed by atoms with E-state index in [1.165, 1.54) is 0 Å². The van der Waals surface area contributed by atoms with Gasteiger partial charge in [0, 0.05) is 19.1 Å². The van der Waals surface area contributed by atoms with Gasteiger partial charge < -0.3 is 25.4 Å². The Labute approximate surface area is 152 Å². The number of hydrogen-bond acceptors (Lipinski definition) is 4. The normalized spacial score (nSPS) is 16.4. The molecule has 2 rings (SSSR count). The Balaban J connectivity index is 1.90. The number of rotatable bonds is 7. The fourth-order valence-corrected chi connectivity index (χ4v) is 2.81. The highest BCUT2D eigenvalue weighted by atomic mass is 16.5. The van der Waals surface area contributed by atoms with Crippen LogP contribution in [0.1, 0.15) is 32.3 Å². The van der Waals surface area contributed by atoms with Crippen LogP contribution < -0.4 is 15.4 Å². The number of carbonyl (C=O) groups is 3. The topological polar surface area (TPSA) is 108 Å². The van der Waals surface area contributed by atoms with Crippen molar-refractivity contribution in [3.63, 3.8) is 0 Å². The van der Waals surface area contributed by atoms with Crippen LogP contribution >= 0.6 is 0 Å². The van der Waals surface area contributed by atoms with Gasteiger partial charge in [-0.25, -0.2) is 9.59 Å². The summed E-state index contributed by atoms with van der Waals surface area (Å²) in [5, 5.41) is 14.3. The molecule has 1 aliphatic rings. The maximum absolute atomic E-state index is 12.5. The van der Waals surface area contributed by atoms with Crippen molar-refractivity contribution in [3.05, 3.63) is 29.8 Å². The van der Waals surface area contributed by atoms with Gasteiger partial charge in [0.15, 0.2) is 6.61 Å². The molecule has 8 nitrogen and oxygen atoms in total. The molecule has 0 radical (unpaired) electrons. The zero-order valence-corrected chi connectivity index (χ0v) is 15.0. The van der Waals surface area contributed by atoms with E-state index in [1.54, 1.807) is 23.1 Å². The van der Waals surface area contributed by atoms with Gasteiger partial charge in [0.25, 0.3) is 0 Å². The maximum Gasteiger partial charge on any atom is 0.341 e. The molecule has 1 aromatic rings. The molecular weight excluding hydrogens is 338 g/mol. The predicted octanol–water partition coefficient (Wildman–Crippen LogP) is 1.35. The molecule has 0 unspecified atom stereocenters. The van der Waals surface area contributed by atoms with Gasteiger partial charge in [-0.2, -0.15) is 0 Å². The van der Waals surface area contributed by atoms with Crippen molar-refractivity contribution in [2.45, 2.75) is 45.3 Å². The van der Waals surface area contributed by atoms with Crippen molar-refractivity contribution in [3.8, 4) is 5.75 Å². The SMILES string of the molecule is CC(C)NC(=O)N1CCC[C@H]1C(=O)NCc1cccc(OCC(=O)O)c1. The third-order valence-corrected chi connectivity index (χ3v) is 3.96. The summed E-state index contributed by atoms with van der Waals surface area (Å²) in [5.41, 5.74) is 0.789. The van der Waals surface area contributed by atoms with Gasteiger partial charge in [-0.3, -0.25) is 4.79 Å². The lowest BCUT2D eigenvalue weighted by atomic mass is 10.2. The van der Waals surface area contributed by atoms with Crippen LogP contribution in [0.25, 0.3) is 0 Å². The van der Waals surface area contributed by atoms with Gasteiger partial charge in [0.05, 0.1) is 0 Å². The third-order valence-electron chi connectivity index (χ3n) is 3.96. The molecule has 3 N–H and O–H groups in total. The summed E-state index contributed by atoms with van der Waals surface area (Å²) in [6.45, 7) is 4.18. The van der Waals surface area contributed by atoms with E-state index < -0.39 is 18.6 Å². The van der Waals surface area contributed by atoms with Gasteiger partial charge in [0.1, 0.15) is 11.8 Å². The van der Waals surface area contributed by atoms with Gasteiger partial charge >= 0.3 is 12.0 Å². The zero-order chi connectivity index (χ0) is 19.1. The zero-order valence-electron chi connectivity index (χ0n) is 15.0. The molecule has 26 heavy (non-hydrogen) atoms. The molecule has 1 aromatic carbocycles. The van der Waals surface area contributed by atoms with Gasteiger partial charge in [-0.1, -0.05) is 12.1 Å². The smallest absolute Gasteiger partial charge is 0.341 e. The van der Waals surface area contributed by atoms with Crippen LogP contribution in [0.4, 0.5) is 4.79 Å². The molecule has 1 fully saturated rings. The van der Waals surface area contributed by atoms with Crippen LogP contribution in [-0.4, -0.2) is 53.1 Å². The second-order valence-corrected chi connectivity index (χ2v) is 6.50. The van der Waals surface area contributed by atoms with Crippen LogP contribution in [0.3, 0.4) is 0 Å². The lowest BCUT2D eigenvalue weighted by Gasteiger charge is -2.25. The van der Waals surface area contributed by atoms with Crippen molar-refractivity contribution in [1.82, 2.24) is 15.5 Å². The number of likely N-dealkylation sites (tertiary alicyclic amines) is 1. The molecule has 1 saturated heterocycles. The number of nitrogens with zero attached hydrogens (tertiary/aromatic N) is 1. The van der Waals surface area contributed by atoms with E-state index in [1.807, 2.05) is 19.9 Å². The largest absolute Gasteiger partial charge is 0.482 e. The number of nitrogens with one attached hydrogen (secondary N) is 2. The number of carboxylic acid groups (broad SMARTS) is 1. The fraction of sp³-hybridized carbons (Fsp3) is 0.500. The number of carboxylic acids is 1. The number of ether oxygens (including phenoxy) is 1. The molecule has 0 saturated carbocycles. The average molecular weight is 363 g/mol. The van der Waals surface area contributed by atoms with Gasteiger partial charge in [0.2, 0.25) is 5.91 Å². The molecular formula is C18H25N3O5. The Bertz CT molecular complexity index is 662. The second kappa shape index (κ2) is 9.07. The number of amides is 3. The van der Waals surface area contributed by atoms with E-state index in [0.29, 0.717) is 18.7 Å². The third kappa shape index (κ3) is 5.65. The first-order valence-electron chi connectivity index (χ1n) is 8.65. The molecule has 0 spiro atoms. The Hall–Kier alpha value is -2.77. The van der Waals surface area contributed by atoms with E-state index in [4.69, 9.17) is 9.84 Å². The fourth-order valence-electron chi connectivity index (χ4n) is 2.81. The molecule has 0 aliphatic carbocycles. The van der Waals surface area contributed by atoms with E-state index in [9.17, 15) is 14.4 Å². The summed E-state index contributed by atoms with van der Waals surface area (Å²) in [6.07, 6.45) is 1.43. The van der Waals surface area contributed by atoms with Crippen LogP contribution in [0.2, 0.25) is 0 Å². The van der Waals surface area contributed by atoms with Crippen molar-refractivity contribution in [2.24, 2.45) is 0 Å². The molecule has 1 heterocycles. The number of hydrogen-bond donors (Lipinski definition) is 3. The molecule has 1 atom stereocenters. The predicted molar refractivity (Wildman–Crippen MR) is 94.8 cm³/mol. The standard InChI is InChI=1S/C18H25N3O5/c1-12(2)20-18(25)21-8-4-7-15(21)17(24)19-10-13-5-3-6-14(9-13)26-11-16(22)23/h3,5-6,9,12,15H,4,7-8,10-11H2,1-2H3,(H,19,24)(H,20,25)(H,22,23)/t15-/m0/s1. The lowest BCUT2D eigenvalue weighted by Crippen LogP contribution is -2.50. The molecule has 142 valence electrons. The minimum atomic E-state index is -1.05. The quantitative estimate of drug-likeness (QED) is 0.678. The maximum atomic E-state index is 12.5. The monoisotopic (exact) mass is 363 g/mol. The highest BCUT2D eigenvalue weighted by molar-refractivity contribution is 5.87. The van der Waals surface area contributed by atoms with E-state index in [2.05, 4.69) is 10.6 Å². The first kappa shape index (κ1) is 19.6. The Kier molecular flexibility index (Phi) is 6.82. The summed E-state index contributed by atoms with van der Waals surface area (Å²) in [4.78, 5) is 36.8. The molecule has 8 heteroatoms. The Morgan fingerprint density at radius 1 is 1.35 bits per heavy atom. The summed E-state index contributed by atoms with van der Waals surface area (Å²) in [5.74, 6) is -0.819. The number of urea groups is 1. The first-order valence-corrected chi connectivity index (χ1v) is 8.65. The average Bonchev–Trinajstić information content (AvgIpc) is 3.07. The van der Waals surface area contributed by atoms with Gasteiger partial charge in [-0.05, 0) is 44.4 Å². The highest BCUT2D eigenvalue weighted by Crippen LogP contribution is 2.18. The van der Waals surface area contributed by atoms with Crippen LogP contribution in [0.5, 0.6) is 5.75 Å². The number of benzene rings is 1. The summed E-state index contributed by atoms with van der Waals surface area (Å²) >= 11 is 0. The minimum Gasteiger partial charge on any atom is -0.482 e. The first-order chi connectivity index (χ1) is 12.4. The Morgan fingerprint density at radius 2 is 2.12 bits per heavy atom. The molecule has 3 amide bonds. The van der Waals surface area contributed by atoms with E-state index in [-0.39, 0.29) is 24.5 Å².